The molecule has 86 valence electrons. The smallest absolute Gasteiger partial charge is 0.231 e. The minimum Gasteiger partial charge on any atom is -0.454 e. The van der Waals surface area contributed by atoms with Gasteiger partial charge in [-0.15, -0.1) is 0 Å². The summed E-state index contributed by atoms with van der Waals surface area (Å²) in [4.78, 5) is 0. The second-order valence-corrected chi connectivity index (χ2v) is 5.24. The van der Waals surface area contributed by atoms with Gasteiger partial charge in [-0.3, -0.25) is 0 Å². The lowest BCUT2D eigenvalue weighted by molar-refractivity contribution is 0.173. The minimum atomic E-state index is 0.353. The summed E-state index contributed by atoms with van der Waals surface area (Å²) in [7, 11) is 0. The number of thioether (sulfide) groups is 1. The van der Waals surface area contributed by atoms with E-state index in [-0.39, 0.29) is 0 Å². The monoisotopic (exact) mass is 237 g/mol. The van der Waals surface area contributed by atoms with Crippen LogP contribution >= 0.6 is 11.8 Å². The summed E-state index contributed by atoms with van der Waals surface area (Å²) in [6.45, 7) is 1.23. The van der Waals surface area contributed by atoms with E-state index >= 15 is 0 Å². The summed E-state index contributed by atoms with van der Waals surface area (Å²) < 4.78 is 10.8. The molecule has 1 atom stereocenters. The Hall–Kier alpha value is -0.870. The number of para-hydroxylation sites is 1. The summed E-state index contributed by atoms with van der Waals surface area (Å²) in [6.07, 6.45) is 1.27. The van der Waals surface area contributed by atoms with Crippen LogP contribution in [0.1, 0.15) is 12.0 Å². The molecular weight excluding hydrogens is 222 g/mol. The number of benzene rings is 1. The highest BCUT2D eigenvalue weighted by molar-refractivity contribution is 7.99. The molecule has 0 aromatic heterocycles. The second kappa shape index (κ2) is 4.55. The Bertz CT molecular complexity index is 377. The van der Waals surface area contributed by atoms with E-state index in [1.807, 2.05) is 23.9 Å². The quantitative estimate of drug-likeness (QED) is 0.871. The largest absolute Gasteiger partial charge is 0.454 e. The van der Waals surface area contributed by atoms with Gasteiger partial charge in [0.1, 0.15) is 0 Å². The Labute approximate surface area is 99.5 Å². The van der Waals surface area contributed by atoms with Crippen LogP contribution in [0.15, 0.2) is 18.2 Å². The predicted octanol–water partition coefficient (Wildman–Crippen LogP) is 2.01. The van der Waals surface area contributed by atoms with Gasteiger partial charge in [-0.2, -0.15) is 11.8 Å². The highest BCUT2D eigenvalue weighted by Gasteiger charge is 2.19. The van der Waals surface area contributed by atoms with Crippen molar-refractivity contribution in [1.29, 1.82) is 0 Å². The fourth-order valence-electron chi connectivity index (χ4n) is 2.08. The zero-order chi connectivity index (χ0) is 10.8. The van der Waals surface area contributed by atoms with Crippen molar-refractivity contribution in [3.05, 3.63) is 23.8 Å². The fraction of sp³-hybridized carbons (Fsp3) is 0.500. The van der Waals surface area contributed by atoms with Gasteiger partial charge in [0.05, 0.1) is 0 Å². The fourth-order valence-corrected chi connectivity index (χ4v) is 3.27. The van der Waals surface area contributed by atoms with Crippen molar-refractivity contribution < 1.29 is 9.47 Å². The van der Waals surface area contributed by atoms with Crippen LogP contribution in [0.5, 0.6) is 11.5 Å². The third kappa shape index (κ3) is 1.99. The third-order valence-corrected chi connectivity index (χ3v) is 4.15. The Morgan fingerprint density at radius 1 is 1.38 bits per heavy atom. The molecule has 0 spiro atoms. The molecular formula is C12H15NO2S. The first-order valence-corrected chi connectivity index (χ1v) is 6.77. The van der Waals surface area contributed by atoms with E-state index in [2.05, 4.69) is 11.4 Å². The molecule has 1 saturated heterocycles. The molecule has 1 aromatic carbocycles. The molecule has 2 aliphatic heterocycles. The summed E-state index contributed by atoms with van der Waals surface area (Å²) in [5.74, 6) is 4.30. The molecule has 2 aliphatic rings. The Morgan fingerprint density at radius 2 is 2.38 bits per heavy atom. The highest BCUT2D eigenvalue weighted by Crippen LogP contribution is 2.35. The van der Waals surface area contributed by atoms with Gasteiger partial charge in [0, 0.05) is 23.9 Å². The van der Waals surface area contributed by atoms with Gasteiger partial charge in [0.2, 0.25) is 6.79 Å². The molecule has 0 saturated carbocycles. The van der Waals surface area contributed by atoms with Crippen LogP contribution in [-0.2, 0) is 6.54 Å². The zero-order valence-electron chi connectivity index (χ0n) is 9.07. The summed E-state index contributed by atoms with van der Waals surface area (Å²) >= 11 is 2.02. The van der Waals surface area contributed by atoms with Gasteiger partial charge >= 0.3 is 0 Å². The van der Waals surface area contributed by atoms with Crippen molar-refractivity contribution in [2.45, 2.75) is 19.0 Å². The minimum absolute atomic E-state index is 0.353. The Kier molecular flexibility index (Phi) is 2.93. The van der Waals surface area contributed by atoms with Gasteiger partial charge in [0.15, 0.2) is 11.5 Å². The molecule has 2 heterocycles. The van der Waals surface area contributed by atoms with Crippen LogP contribution in [0.4, 0.5) is 0 Å². The van der Waals surface area contributed by atoms with Crippen LogP contribution in [0.25, 0.3) is 0 Å². The lowest BCUT2D eigenvalue weighted by Gasteiger charge is -2.12. The van der Waals surface area contributed by atoms with E-state index < -0.39 is 0 Å². The van der Waals surface area contributed by atoms with Crippen LogP contribution < -0.4 is 14.8 Å². The van der Waals surface area contributed by atoms with Crippen molar-refractivity contribution in [3.8, 4) is 11.5 Å². The third-order valence-electron chi connectivity index (χ3n) is 2.99. The standard InChI is InChI=1S/C12H15NO2S/c1-2-9(6-13-10-4-5-16-7-10)12-11(3-1)14-8-15-12/h1-3,10,13H,4-8H2. The second-order valence-electron chi connectivity index (χ2n) is 4.09. The SMILES string of the molecule is c1cc(CNC2CCSC2)c2c(c1)OCO2. The van der Waals surface area contributed by atoms with Gasteiger partial charge in [0.25, 0.3) is 0 Å². The molecule has 1 unspecified atom stereocenters. The number of fused-ring (bicyclic) bond motifs is 1. The molecule has 0 aliphatic carbocycles. The van der Waals surface area contributed by atoms with E-state index in [1.165, 1.54) is 23.5 Å². The van der Waals surface area contributed by atoms with Gasteiger partial charge in [-0.1, -0.05) is 12.1 Å². The maximum absolute atomic E-state index is 5.48. The normalized spacial score (nSPS) is 22.6. The van der Waals surface area contributed by atoms with Crippen molar-refractivity contribution in [2.75, 3.05) is 18.3 Å². The average Bonchev–Trinajstić information content (AvgIpc) is 2.97. The number of hydrogen-bond acceptors (Lipinski definition) is 4. The van der Waals surface area contributed by atoms with Gasteiger partial charge < -0.3 is 14.8 Å². The molecule has 1 N–H and O–H groups in total. The Balaban J connectivity index is 1.67. The van der Waals surface area contributed by atoms with E-state index in [1.54, 1.807) is 0 Å². The average molecular weight is 237 g/mol. The topological polar surface area (TPSA) is 30.5 Å². The van der Waals surface area contributed by atoms with Crippen LogP contribution in [0.3, 0.4) is 0 Å². The first kappa shape index (κ1) is 10.3. The maximum atomic E-state index is 5.48. The molecule has 1 aromatic rings. The first-order chi connectivity index (χ1) is 7.93. The maximum Gasteiger partial charge on any atom is 0.231 e. The van der Waals surface area contributed by atoms with E-state index in [9.17, 15) is 0 Å². The van der Waals surface area contributed by atoms with Gasteiger partial charge in [-0.25, -0.2) is 0 Å². The molecule has 1 fully saturated rings. The summed E-state index contributed by atoms with van der Waals surface area (Å²) in [5, 5.41) is 3.57. The number of hydrogen-bond donors (Lipinski definition) is 1. The molecule has 16 heavy (non-hydrogen) atoms. The van der Waals surface area contributed by atoms with Gasteiger partial charge in [-0.05, 0) is 18.2 Å². The van der Waals surface area contributed by atoms with Crippen LogP contribution in [0, 0.1) is 0 Å². The van der Waals surface area contributed by atoms with E-state index in [0.717, 1.165) is 18.0 Å². The highest BCUT2D eigenvalue weighted by atomic mass is 32.2. The Morgan fingerprint density at radius 3 is 3.25 bits per heavy atom. The zero-order valence-corrected chi connectivity index (χ0v) is 9.89. The molecule has 3 nitrogen and oxygen atoms in total. The van der Waals surface area contributed by atoms with E-state index in [0.29, 0.717) is 12.8 Å². The van der Waals surface area contributed by atoms with Crippen molar-refractivity contribution in [3.63, 3.8) is 0 Å². The molecule has 4 heteroatoms. The van der Waals surface area contributed by atoms with Crippen molar-refractivity contribution in [1.82, 2.24) is 5.32 Å². The lowest BCUT2D eigenvalue weighted by Crippen LogP contribution is -2.28. The summed E-state index contributed by atoms with van der Waals surface area (Å²) in [6, 6.07) is 6.73. The first-order valence-electron chi connectivity index (χ1n) is 5.62. The van der Waals surface area contributed by atoms with E-state index in [4.69, 9.17) is 9.47 Å². The molecule has 0 radical (unpaired) electrons. The number of rotatable bonds is 3. The van der Waals surface area contributed by atoms with Crippen LogP contribution in [-0.4, -0.2) is 24.3 Å². The number of nitrogens with one attached hydrogen (secondary N) is 1. The molecule has 0 amide bonds. The van der Waals surface area contributed by atoms with Crippen LogP contribution in [0.2, 0.25) is 0 Å². The van der Waals surface area contributed by atoms with Crippen molar-refractivity contribution in [2.24, 2.45) is 0 Å². The predicted molar refractivity (Wildman–Crippen MR) is 65.1 cm³/mol. The molecule has 0 bridgehead atoms. The molecule has 3 rings (SSSR count). The lowest BCUT2D eigenvalue weighted by atomic mass is 10.1. The van der Waals surface area contributed by atoms with Crippen molar-refractivity contribution >= 4 is 11.8 Å². The summed E-state index contributed by atoms with van der Waals surface area (Å²) in [5.41, 5.74) is 1.20. The number of ether oxygens (including phenoxy) is 2.